The zero-order chi connectivity index (χ0) is 17.0. The second-order valence-electron chi connectivity index (χ2n) is 6.76. The van der Waals surface area contributed by atoms with Gasteiger partial charge in [0.15, 0.2) is 0 Å². The third-order valence-electron chi connectivity index (χ3n) is 4.49. The molecule has 1 fully saturated rings. The Hall–Kier alpha value is -0.950. The van der Waals surface area contributed by atoms with E-state index in [4.69, 9.17) is 0 Å². The van der Waals surface area contributed by atoms with Crippen LogP contribution in [0.4, 0.5) is 0 Å². The van der Waals surface area contributed by atoms with Gasteiger partial charge in [-0.25, -0.2) is 13.1 Å². The van der Waals surface area contributed by atoms with Crippen molar-refractivity contribution >= 4 is 10.0 Å². The van der Waals surface area contributed by atoms with Crippen molar-refractivity contribution in [2.45, 2.75) is 44.6 Å². The number of β-amino-alcohol motifs (C(OH)–C–C–N with tert-alkyl or cyclic N) is 1. The zero-order valence-corrected chi connectivity index (χ0v) is 15.1. The number of nitrogens with zero attached hydrogens (tertiary/aromatic N) is 1. The van der Waals surface area contributed by atoms with Crippen molar-refractivity contribution in [3.63, 3.8) is 0 Å². The Kier molecular flexibility index (Phi) is 6.19. The number of piperidine rings is 1. The van der Waals surface area contributed by atoms with Crippen LogP contribution in [0.3, 0.4) is 0 Å². The van der Waals surface area contributed by atoms with Gasteiger partial charge < -0.3 is 10.0 Å². The van der Waals surface area contributed by atoms with Gasteiger partial charge in [0.2, 0.25) is 10.0 Å². The van der Waals surface area contributed by atoms with Crippen LogP contribution in [0.1, 0.15) is 30.9 Å². The summed E-state index contributed by atoms with van der Waals surface area (Å²) < 4.78 is 27.4. The Morgan fingerprint density at radius 2 is 1.96 bits per heavy atom. The highest BCUT2D eigenvalue weighted by Crippen LogP contribution is 2.17. The minimum absolute atomic E-state index is 0.0434. The maximum Gasteiger partial charge on any atom is 0.240 e. The molecule has 130 valence electrons. The van der Waals surface area contributed by atoms with E-state index < -0.39 is 16.1 Å². The summed E-state index contributed by atoms with van der Waals surface area (Å²) in [5.74, 6) is 0.742. The molecule has 0 amide bonds. The summed E-state index contributed by atoms with van der Waals surface area (Å²) in [4.78, 5) is 2.49. The number of likely N-dealkylation sites (tertiary alicyclic amines) is 1. The Balaban J connectivity index is 1.90. The van der Waals surface area contributed by atoms with Crippen LogP contribution in [0.25, 0.3) is 0 Å². The van der Waals surface area contributed by atoms with Crippen molar-refractivity contribution in [1.29, 1.82) is 0 Å². The lowest BCUT2D eigenvalue weighted by Crippen LogP contribution is -2.43. The molecule has 1 aromatic rings. The molecule has 6 heteroatoms. The summed E-state index contributed by atoms with van der Waals surface area (Å²) in [6.07, 6.45) is 1.59. The molecule has 0 aliphatic carbocycles. The molecule has 1 heterocycles. The number of rotatable bonds is 6. The Morgan fingerprint density at radius 3 is 2.61 bits per heavy atom. The number of aryl methyl sites for hydroxylation is 2. The van der Waals surface area contributed by atoms with Gasteiger partial charge in [-0.05, 0) is 62.9 Å². The third kappa shape index (κ3) is 5.28. The van der Waals surface area contributed by atoms with Gasteiger partial charge in [0.05, 0.1) is 11.0 Å². The van der Waals surface area contributed by atoms with Gasteiger partial charge in [0.1, 0.15) is 0 Å². The second kappa shape index (κ2) is 7.75. The predicted molar refractivity (Wildman–Crippen MR) is 91.9 cm³/mol. The van der Waals surface area contributed by atoms with Crippen LogP contribution in [-0.4, -0.2) is 50.7 Å². The van der Waals surface area contributed by atoms with E-state index in [1.54, 1.807) is 19.1 Å². The van der Waals surface area contributed by atoms with E-state index in [1.165, 1.54) is 0 Å². The van der Waals surface area contributed by atoms with Crippen molar-refractivity contribution < 1.29 is 13.5 Å². The fourth-order valence-electron chi connectivity index (χ4n) is 2.89. The standard InChI is InChI=1S/C17H28N2O3S/c1-13-6-8-19(9-7-13)12-16(20)11-18-23(21,22)17-10-14(2)4-5-15(17)3/h4-5,10,13,16,18,20H,6-9,11-12H2,1-3H3. The summed E-state index contributed by atoms with van der Waals surface area (Å²) in [7, 11) is -3.59. The zero-order valence-electron chi connectivity index (χ0n) is 14.2. The number of hydrogen-bond donors (Lipinski definition) is 2. The fraction of sp³-hybridized carbons (Fsp3) is 0.647. The highest BCUT2D eigenvalue weighted by molar-refractivity contribution is 7.89. The molecule has 23 heavy (non-hydrogen) atoms. The highest BCUT2D eigenvalue weighted by atomic mass is 32.2. The summed E-state index contributed by atoms with van der Waals surface area (Å²) in [6.45, 7) is 8.39. The third-order valence-corrected chi connectivity index (χ3v) is 6.05. The number of benzene rings is 1. The molecule has 0 bridgehead atoms. The molecule has 1 aliphatic rings. The molecule has 2 rings (SSSR count). The molecule has 2 N–H and O–H groups in total. The van der Waals surface area contributed by atoms with E-state index in [2.05, 4.69) is 16.5 Å². The first-order valence-electron chi connectivity index (χ1n) is 8.25. The number of aliphatic hydroxyl groups is 1. The Morgan fingerprint density at radius 1 is 1.30 bits per heavy atom. The van der Waals surface area contributed by atoms with E-state index in [9.17, 15) is 13.5 Å². The predicted octanol–water partition coefficient (Wildman–Crippen LogP) is 1.67. The molecule has 1 aliphatic heterocycles. The first-order valence-corrected chi connectivity index (χ1v) is 9.73. The van der Waals surface area contributed by atoms with E-state index >= 15 is 0 Å². The second-order valence-corrected chi connectivity index (χ2v) is 8.49. The Labute approximate surface area is 139 Å². The van der Waals surface area contributed by atoms with Crippen molar-refractivity contribution in [3.05, 3.63) is 29.3 Å². The van der Waals surface area contributed by atoms with Gasteiger partial charge in [-0.2, -0.15) is 0 Å². The van der Waals surface area contributed by atoms with Crippen molar-refractivity contribution in [2.75, 3.05) is 26.2 Å². The molecule has 1 atom stereocenters. The molecule has 5 nitrogen and oxygen atoms in total. The lowest BCUT2D eigenvalue weighted by Gasteiger charge is -2.31. The largest absolute Gasteiger partial charge is 0.390 e. The van der Waals surface area contributed by atoms with E-state index in [0.29, 0.717) is 12.1 Å². The minimum Gasteiger partial charge on any atom is -0.390 e. The average Bonchev–Trinajstić information content (AvgIpc) is 2.50. The lowest BCUT2D eigenvalue weighted by molar-refractivity contribution is 0.0942. The van der Waals surface area contributed by atoms with E-state index in [-0.39, 0.29) is 11.4 Å². The summed E-state index contributed by atoms with van der Waals surface area (Å²) in [5.41, 5.74) is 1.61. The van der Waals surface area contributed by atoms with Crippen LogP contribution >= 0.6 is 0 Å². The van der Waals surface area contributed by atoms with E-state index in [1.807, 2.05) is 13.0 Å². The molecular weight excluding hydrogens is 312 g/mol. The van der Waals surface area contributed by atoms with Crippen LogP contribution < -0.4 is 4.72 Å². The van der Waals surface area contributed by atoms with Crippen LogP contribution in [0.5, 0.6) is 0 Å². The lowest BCUT2D eigenvalue weighted by atomic mass is 9.99. The van der Waals surface area contributed by atoms with Crippen LogP contribution in [0.2, 0.25) is 0 Å². The Bertz CT molecular complexity index is 623. The van der Waals surface area contributed by atoms with Gasteiger partial charge in [0, 0.05) is 13.1 Å². The summed E-state index contributed by atoms with van der Waals surface area (Å²) in [6, 6.07) is 5.35. The normalized spacial score (nSPS) is 19.0. The topological polar surface area (TPSA) is 69.6 Å². The average molecular weight is 340 g/mol. The van der Waals surface area contributed by atoms with Gasteiger partial charge in [-0.15, -0.1) is 0 Å². The number of hydrogen-bond acceptors (Lipinski definition) is 4. The van der Waals surface area contributed by atoms with Crippen molar-refractivity contribution in [1.82, 2.24) is 9.62 Å². The van der Waals surface area contributed by atoms with Crippen LogP contribution in [0.15, 0.2) is 23.1 Å². The molecule has 1 aromatic carbocycles. The van der Waals surface area contributed by atoms with Gasteiger partial charge in [-0.1, -0.05) is 19.1 Å². The number of aliphatic hydroxyl groups excluding tert-OH is 1. The highest BCUT2D eigenvalue weighted by Gasteiger charge is 2.21. The molecular formula is C17H28N2O3S. The van der Waals surface area contributed by atoms with Crippen LogP contribution in [-0.2, 0) is 10.0 Å². The van der Waals surface area contributed by atoms with Gasteiger partial charge in [-0.3, -0.25) is 0 Å². The minimum atomic E-state index is -3.59. The monoisotopic (exact) mass is 340 g/mol. The van der Waals surface area contributed by atoms with Gasteiger partial charge >= 0.3 is 0 Å². The summed E-state index contributed by atoms with van der Waals surface area (Å²) in [5, 5.41) is 10.1. The molecule has 0 saturated carbocycles. The van der Waals surface area contributed by atoms with Gasteiger partial charge in [0.25, 0.3) is 0 Å². The van der Waals surface area contributed by atoms with Crippen LogP contribution in [0, 0.1) is 19.8 Å². The molecule has 0 radical (unpaired) electrons. The first-order chi connectivity index (χ1) is 10.8. The van der Waals surface area contributed by atoms with Crippen molar-refractivity contribution in [3.8, 4) is 0 Å². The summed E-state index contributed by atoms with van der Waals surface area (Å²) >= 11 is 0. The smallest absolute Gasteiger partial charge is 0.240 e. The molecule has 1 unspecified atom stereocenters. The number of sulfonamides is 1. The molecule has 0 spiro atoms. The quantitative estimate of drug-likeness (QED) is 0.826. The maximum atomic E-state index is 12.4. The molecule has 1 saturated heterocycles. The first kappa shape index (κ1) is 18.4. The van der Waals surface area contributed by atoms with E-state index in [0.717, 1.165) is 37.4 Å². The SMILES string of the molecule is Cc1ccc(C)c(S(=O)(=O)NCC(O)CN2CCC(C)CC2)c1. The number of nitrogens with one attached hydrogen (secondary N) is 1. The van der Waals surface area contributed by atoms with Crippen molar-refractivity contribution in [2.24, 2.45) is 5.92 Å². The fourth-order valence-corrected chi connectivity index (χ4v) is 4.29. The molecule has 0 aromatic heterocycles. The maximum absolute atomic E-state index is 12.4.